The highest BCUT2D eigenvalue weighted by molar-refractivity contribution is 5.74. The number of nitrogens with one attached hydrogen (secondary N) is 2. The summed E-state index contributed by atoms with van der Waals surface area (Å²) in [6.45, 7) is 5.15. The Labute approximate surface area is 59.9 Å². The number of amides is 2. The quantitative estimate of drug-likeness (QED) is 0.558. The van der Waals surface area contributed by atoms with Crippen LogP contribution in [0.15, 0.2) is 0 Å². The maximum absolute atomic E-state index is 11.1. The van der Waals surface area contributed by atoms with Gasteiger partial charge in [0.25, 0.3) is 0 Å². The minimum atomic E-state index is -0.0231. The zero-order valence-electron chi connectivity index (χ0n) is 6.22. The largest absolute Gasteiger partial charge is 0.350 e. The first-order valence-corrected chi connectivity index (χ1v) is 3.40. The first-order valence-electron chi connectivity index (χ1n) is 3.40. The summed E-state index contributed by atoms with van der Waals surface area (Å²) in [6, 6.07) is -0.0231. The molecule has 5 nitrogen and oxygen atoms in total. The van der Waals surface area contributed by atoms with Gasteiger partial charge in [-0.15, -0.1) is 11.1 Å². The molecule has 0 unspecified atom stereocenters. The Bertz CT molecular complexity index is 124. The predicted molar refractivity (Wildman–Crippen MR) is 36.4 cm³/mol. The summed E-state index contributed by atoms with van der Waals surface area (Å²) in [5, 5.41) is 3.01. The molecule has 0 aromatic carbocycles. The Balaban J connectivity index is 2.49. The van der Waals surface area contributed by atoms with Gasteiger partial charge in [-0.1, -0.05) is 0 Å². The third kappa shape index (κ3) is 1.05. The second-order valence-corrected chi connectivity index (χ2v) is 1.99. The van der Waals surface area contributed by atoms with E-state index in [4.69, 9.17) is 0 Å². The Morgan fingerprint density at radius 2 is 1.60 bits per heavy atom. The van der Waals surface area contributed by atoms with E-state index < -0.39 is 0 Å². The molecular weight excluding hydrogens is 132 g/mol. The molecule has 0 radical (unpaired) electrons. The molecule has 0 aliphatic carbocycles. The Morgan fingerprint density at radius 1 is 1.20 bits per heavy atom. The average molecular weight is 144 g/mol. The fourth-order valence-corrected chi connectivity index (χ4v) is 0.791. The molecule has 0 bridgehead atoms. The molecule has 0 saturated carbocycles. The maximum atomic E-state index is 11.1. The van der Waals surface area contributed by atoms with Crippen molar-refractivity contribution in [2.75, 3.05) is 13.1 Å². The van der Waals surface area contributed by atoms with Gasteiger partial charge in [0, 0.05) is 13.1 Å². The van der Waals surface area contributed by atoms with Crippen molar-refractivity contribution < 1.29 is 4.79 Å². The maximum Gasteiger partial charge on any atom is 0.350 e. The smallest absolute Gasteiger partial charge is 0.245 e. The monoisotopic (exact) mass is 144 g/mol. The fraction of sp³-hybridized carbons (Fsp3) is 0.800. The van der Waals surface area contributed by atoms with Crippen LogP contribution in [0.5, 0.6) is 0 Å². The van der Waals surface area contributed by atoms with Crippen LogP contribution in [0.2, 0.25) is 0 Å². The molecular formula is C5H12N4O. The minimum Gasteiger partial charge on any atom is -0.245 e. The number of hydrogen-bond acceptors (Lipinski definition) is 3. The van der Waals surface area contributed by atoms with Gasteiger partial charge in [0.15, 0.2) is 0 Å². The average Bonchev–Trinajstić information content (AvgIpc) is 2.30. The summed E-state index contributed by atoms with van der Waals surface area (Å²) in [5.41, 5.74) is 5.43. The SMILES string of the molecule is CCN1NNN(CC)C1=O. The Kier molecular flexibility index (Phi) is 2.08. The van der Waals surface area contributed by atoms with Gasteiger partial charge in [0.1, 0.15) is 0 Å². The van der Waals surface area contributed by atoms with E-state index in [1.165, 1.54) is 10.0 Å². The highest BCUT2D eigenvalue weighted by Crippen LogP contribution is 1.96. The molecule has 0 atom stereocenters. The lowest BCUT2D eigenvalue weighted by molar-refractivity contribution is 0.187. The topological polar surface area (TPSA) is 47.6 Å². The van der Waals surface area contributed by atoms with Crippen LogP contribution >= 0.6 is 0 Å². The fourth-order valence-electron chi connectivity index (χ4n) is 0.791. The minimum absolute atomic E-state index is 0.0231. The number of carbonyl (C=O) groups excluding carboxylic acids is 1. The van der Waals surface area contributed by atoms with Gasteiger partial charge in [0.05, 0.1) is 0 Å². The number of rotatable bonds is 2. The van der Waals surface area contributed by atoms with Gasteiger partial charge in [-0.25, -0.2) is 14.8 Å². The van der Waals surface area contributed by atoms with E-state index in [0.717, 1.165) is 0 Å². The molecule has 1 aliphatic rings. The van der Waals surface area contributed by atoms with Gasteiger partial charge in [-0.3, -0.25) is 0 Å². The summed E-state index contributed by atoms with van der Waals surface area (Å²) in [5.74, 6) is 0. The second-order valence-electron chi connectivity index (χ2n) is 1.99. The molecule has 0 spiro atoms. The van der Waals surface area contributed by atoms with Crippen LogP contribution in [-0.2, 0) is 0 Å². The van der Waals surface area contributed by atoms with Crippen molar-refractivity contribution in [3.63, 3.8) is 0 Å². The lowest BCUT2D eigenvalue weighted by Gasteiger charge is -2.10. The van der Waals surface area contributed by atoms with Gasteiger partial charge >= 0.3 is 6.03 Å². The number of nitrogens with zero attached hydrogens (tertiary/aromatic N) is 2. The van der Waals surface area contributed by atoms with E-state index in [0.29, 0.717) is 13.1 Å². The summed E-state index contributed by atoms with van der Waals surface area (Å²) in [4.78, 5) is 11.1. The third-order valence-corrected chi connectivity index (χ3v) is 1.41. The molecule has 58 valence electrons. The zero-order valence-corrected chi connectivity index (χ0v) is 6.22. The summed E-state index contributed by atoms with van der Waals surface area (Å²) < 4.78 is 0. The molecule has 2 amide bonds. The van der Waals surface area contributed by atoms with Crippen LogP contribution in [0, 0.1) is 0 Å². The lowest BCUT2D eigenvalue weighted by atomic mass is 10.6. The lowest BCUT2D eigenvalue weighted by Crippen LogP contribution is -2.38. The Hall–Kier alpha value is -0.810. The highest BCUT2D eigenvalue weighted by Gasteiger charge is 2.24. The van der Waals surface area contributed by atoms with E-state index in [-0.39, 0.29) is 6.03 Å². The van der Waals surface area contributed by atoms with Crippen molar-refractivity contribution in [1.29, 1.82) is 0 Å². The molecule has 1 saturated heterocycles. The first-order chi connectivity index (χ1) is 4.79. The van der Waals surface area contributed by atoms with Crippen LogP contribution < -0.4 is 11.1 Å². The predicted octanol–water partition coefficient (Wildman–Crippen LogP) is -0.312. The van der Waals surface area contributed by atoms with Crippen molar-refractivity contribution in [2.24, 2.45) is 0 Å². The third-order valence-electron chi connectivity index (χ3n) is 1.41. The second kappa shape index (κ2) is 2.85. The Morgan fingerprint density at radius 3 is 1.80 bits per heavy atom. The molecule has 1 aliphatic heterocycles. The normalized spacial score (nSPS) is 18.8. The number of hydrogen-bond donors (Lipinski definition) is 2. The van der Waals surface area contributed by atoms with Gasteiger partial charge < -0.3 is 0 Å². The summed E-state index contributed by atoms with van der Waals surface area (Å²) >= 11 is 0. The van der Waals surface area contributed by atoms with E-state index in [1.807, 2.05) is 13.8 Å². The van der Waals surface area contributed by atoms with E-state index in [9.17, 15) is 4.79 Å². The van der Waals surface area contributed by atoms with Gasteiger partial charge in [0.2, 0.25) is 0 Å². The molecule has 5 heteroatoms. The molecule has 2 N–H and O–H groups in total. The zero-order chi connectivity index (χ0) is 7.56. The van der Waals surface area contributed by atoms with E-state index in [1.54, 1.807) is 0 Å². The number of urea groups is 1. The van der Waals surface area contributed by atoms with E-state index >= 15 is 0 Å². The van der Waals surface area contributed by atoms with Gasteiger partial charge in [-0.05, 0) is 13.8 Å². The highest BCUT2D eigenvalue weighted by atomic mass is 16.2. The van der Waals surface area contributed by atoms with Crippen LogP contribution in [0.4, 0.5) is 4.79 Å². The molecule has 1 rings (SSSR count). The molecule has 0 aromatic heterocycles. The van der Waals surface area contributed by atoms with Crippen molar-refractivity contribution in [3.05, 3.63) is 0 Å². The van der Waals surface area contributed by atoms with Crippen LogP contribution in [0.1, 0.15) is 13.8 Å². The van der Waals surface area contributed by atoms with Crippen molar-refractivity contribution in [1.82, 2.24) is 21.1 Å². The summed E-state index contributed by atoms with van der Waals surface area (Å²) in [7, 11) is 0. The van der Waals surface area contributed by atoms with E-state index in [2.05, 4.69) is 11.1 Å². The number of hydrazine groups is 3. The van der Waals surface area contributed by atoms with Crippen LogP contribution in [-0.4, -0.2) is 29.1 Å². The van der Waals surface area contributed by atoms with Crippen LogP contribution in [0.3, 0.4) is 0 Å². The molecule has 10 heavy (non-hydrogen) atoms. The van der Waals surface area contributed by atoms with Crippen molar-refractivity contribution in [3.8, 4) is 0 Å². The molecule has 1 heterocycles. The standard InChI is InChI=1S/C5H12N4O/c1-3-8-5(10)9(4-2)7-6-8/h6-7H,3-4H2,1-2H3. The molecule has 1 fully saturated rings. The van der Waals surface area contributed by atoms with Crippen molar-refractivity contribution in [2.45, 2.75) is 13.8 Å². The van der Waals surface area contributed by atoms with Gasteiger partial charge in [-0.2, -0.15) is 0 Å². The summed E-state index contributed by atoms with van der Waals surface area (Å²) in [6.07, 6.45) is 0. The molecule has 0 aromatic rings. The first kappa shape index (κ1) is 7.30. The number of carbonyl (C=O) groups is 1. The van der Waals surface area contributed by atoms with Crippen molar-refractivity contribution >= 4 is 6.03 Å². The van der Waals surface area contributed by atoms with Crippen LogP contribution in [0.25, 0.3) is 0 Å².